The maximum Gasteiger partial charge on any atom is 0.326 e. The number of carboxylic acids is 1. The van der Waals surface area contributed by atoms with E-state index in [1.54, 1.807) is 63.2 Å². The van der Waals surface area contributed by atoms with E-state index in [-0.39, 0.29) is 43.9 Å². The smallest absolute Gasteiger partial charge is 0.326 e. The zero-order valence-corrected chi connectivity index (χ0v) is 33.1. The van der Waals surface area contributed by atoms with Crippen molar-refractivity contribution in [1.29, 1.82) is 0 Å². The Labute approximate surface area is 336 Å². The molecular formula is C41H54N8O9. The van der Waals surface area contributed by atoms with E-state index in [1.165, 1.54) is 29.6 Å². The number of imidazole rings is 1. The summed E-state index contributed by atoms with van der Waals surface area (Å²) in [7, 11) is 0. The van der Waals surface area contributed by atoms with Gasteiger partial charge in [-0.25, -0.2) is 9.78 Å². The summed E-state index contributed by atoms with van der Waals surface area (Å²) in [4.78, 5) is 103. The Bertz CT molecular complexity index is 1890. The number of aromatic amines is 1. The number of aromatic nitrogens is 2. The standard InChI is InChI=1S/C41H54N8O9/c1-5-24(4)34(48-36(52)29(45-37(53)33(42)23(2)3)18-26-13-15-28(50)16-14-26)38(54)46-30(20-27-21-43-22-44-27)40(56)49-17-9-12-32(49)35(51)39(55)47-31(41(57)58)19-25-10-7-6-8-11-25/h6-8,10-11,13-16,21-24,29-34,50H,5,9,12,17-20,42H2,1-4H3,(H,43,44)(H,45,53)(H,46,54)(H,47,55)(H,48,52)(H,57,58). The zero-order valence-electron chi connectivity index (χ0n) is 33.1. The van der Waals surface area contributed by atoms with Crippen molar-refractivity contribution in [3.8, 4) is 5.75 Å². The molecule has 0 radical (unpaired) electrons. The first-order valence-corrected chi connectivity index (χ1v) is 19.4. The predicted molar refractivity (Wildman–Crippen MR) is 212 cm³/mol. The average molecular weight is 803 g/mol. The number of carboxylic acid groups (broad SMARTS) is 1. The summed E-state index contributed by atoms with van der Waals surface area (Å²) in [6.45, 7) is 7.18. The molecule has 4 rings (SSSR count). The third kappa shape index (κ3) is 12.2. The summed E-state index contributed by atoms with van der Waals surface area (Å²) in [5.74, 6) is -6.79. The summed E-state index contributed by atoms with van der Waals surface area (Å²) in [6.07, 6.45) is 3.71. The molecule has 312 valence electrons. The minimum atomic E-state index is -1.40. The Morgan fingerprint density at radius 3 is 2.07 bits per heavy atom. The normalized spacial score (nSPS) is 16.9. The van der Waals surface area contributed by atoms with E-state index in [4.69, 9.17) is 5.73 Å². The van der Waals surface area contributed by atoms with Crippen LogP contribution in [0.5, 0.6) is 5.75 Å². The second-order valence-corrected chi connectivity index (χ2v) is 15.0. The minimum Gasteiger partial charge on any atom is -0.508 e. The highest BCUT2D eigenvalue weighted by Gasteiger charge is 2.42. The van der Waals surface area contributed by atoms with Crippen LogP contribution in [0.4, 0.5) is 0 Å². The molecule has 1 aromatic heterocycles. The topological polar surface area (TPSA) is 266 Å². The fraction of sp³-hybridized carbons (Fsp3) is 0.463. The van der Waals surface area contributed by atoms with Crippen LogP contribution in [0, 0.1) is 11.8 Å². The van der Waals surface area contributed by atoms with Gasteiger partial charge in [0.05, 0.1) is 18.1 Å². The highest BCUT2D eigenvalue weighted by molar-refractivity contribution is 6.38. The van der Waals surface area contributed by atoms with E-state index in [1.807, 2.05) is 6.92 Å². The van der Waals surface area contributed by atoms with Gasteiger partial charge in [-0.15, -0.1) is 0 Å². The largest absolute Gasteiger partial charge is 0.508 e. The Morgan fingerprint density at radius 1 is 0.828 bits per heavy atom. The fourth-order valence-electron chi connectivity index (χ4n) is 6.61. The molecule has 0 saturated carbocycles. The second-order valence-electron chi connectivity index (χ2n) is 15.0. The predicted octanol–water partition coefficient (Wildman–Crippen LogP) is 0.757. The van der Waals surface area contributed by atoms with Gasteiger partial charge < -0.3 is 47.1 Å². The third-order valence-corrected chi connectivity index (χ3v) is 10.4. The lowest BCUT2D eigenvalue weighted by molar-refractivity contribution is -0.148. The van der Waals surface area contributed by atoms with E-state index in [2.05, 4.69) is 31.2 Å². The molecule has 3 aromatic rings. The Hall–Kier alpha value is -6.10. The number of amides is 5. The van der Waals surface area contributed by atoms with Crippen molar-refractivity contribution in [2.24, 2.45) is 17.6 Å². The van der Waals surface area contributed by atoms with Crippen LogP contribution in [0.15, 0.2) is 67.1 Å². The molecule has 7 unspecified atom stereocenters. The molecule has 1 fully saturated rings. The number of carbonyl (C=O) groups excluding carboxylic acids is 6. The van der Waals surface area contributed by atoms with Gasteiger partial charge in [-0.3, -0.25) is 28.8 Å². The molecule has 5 amide bonds. The highest BCUT2D eigenvalue weighted by atomic mass is 16.4. The SMILES string of the molecule is CCC(C)C(NC(=O)C(Cc1ccc(O)cc1)NC(=O)C(N)C(C)C)C(=O)NC(Cc1c[nH]cn1)C(=O)N1CCCC1C(=O)C(=O)NC(Cc1ccccc1)C(=O)O. The fourth-order valence-corrected chi connectivity index (χ4v) is 6.61. The van der Waals surface area contributed by atoms with E-state index in [9.17, 15) is 43.8 Å². The van der Waals surface area contributed by atoms with E-state index >= 15 is 0 Å². The Balaban J connectivity index is 1.54. The van der Waals surface area contributed by atoms with Gasteiger partial charge in [-0.05, 0) is 47.9 Å². The van der Waals surface area contributed by atoms with Crippen LogP contribution < -0.4 is 27.0 Å². The molecule has 1 aliphatic heterocycles. The average Bonchev–Trinajstić information content (AvgIpc) is 3.92. The molecule has 9 N–H and O–H groups in total. The van der Waals surface area contributed by atoms with Crippen LogP contribution >= 0.6 is 0 Å². The maximum atomic E-state index is 14.3. The van der Waals surface area contributed by atoms with Crippen molar-refractivity contribution >= 4 is 41.3 Å². The number of hydrogen-bond acceptors (Lipinski definition) is 10. The van der Waals surface area contributed by atoms with Crippen molar-refractivity contribution in [3.63, 3.8) is 0 Å². The highest BCUT2D eigenvalue weighted by Crippen LogP contribution is 2.21. The molecule has 2 aromatic carbocycles. The molecule has 2 heterocycles. The first kappa shape index (κ1) is 44.6. The molecule has 0 spiro atoms. The minimum absolute atomic E-state index is 0.00913. The number of phenolic OH excluding ortho intramolecular Hbond substituents is 1. The molecule has 17 heteroatoms. The maximum absolute atomic E-state index is 14.3. The molecule has 0 bridgehead atoms. The molecular weight excluding hydrogens is 748 g/mol. The van der Waals surface area contributed by atoms with Crippen LogP contribution in [-0.2, 0) is 52.8 Å². The monoisotopic (exact) mass is 802 g/mol. The molecule has 7 atom stereocenters. The van der Waals surface area contributed by atoms with Crippen molar-refractivity contribution in [2.45, 2.75) is 102 Å². The molecule has 17 nitrogen and oxygen atoms in total. The quantitative estimate of drug-likeness (QED) is 0.0740. The summed E-state index contributed by atoms with van der Waals surface area (Å²) in [5, 5.41) is 30.1. The van der Waals surface area contributed by atoms with Crippen molar-refractivity contribution in [3.05, 3.63) is 83.9 Å². The lowest BCUT2D eigenvalue weighted by Crippen LogP contribution is -2.61. The van der Waals surface area contributed by atoms with Crippen LogP contribution in [0.1, 0.15) is 63.8 Å². The van der Waals surface area contributed by atoms with Crippen LogP contribution in [0.3, 0.4) is 0 Å². The lowest BCUT2D eigenvalue weighted by Gasteiger charge is -2.31. The van der Waals surface area contributed by atoms with E-state index in [0.29, 0.717) is 29.7 Å². The number of Topliss-reactive ketones (excluding diaryl/α,β-unsaturated/α-hetero) is 1. The number of aliphatic carboxylic acids is 1. The Morgan fingerprint density at radius 2 is 1.47 bits per heavy atom. The number of H-pyrrole nitrogens is 1. The summed E-state index contributed by atoms with van der Waals surface area (Å²) in [5.41, 5.74) is 7.75. The van der Waals surface area contributed by atoms with Gasteiger partial charge in [0.25, 0.3) is 5.91 Å². The summed E-state index contributed by atoms with van der Waals surface area (Å²) in [6, 6.07) is 7.51. The number of nitrogens with two attached hydrogens (primary N) is 1. The number of likely N-dealkylation sites (tertiary alicyclic amines) is 1. The lowest BCUT2D eigenvalue weighted by atomic mass is 9.96. The molecule has 1 aliphatic rings. The zero-order chi connectivity index (χ0) is 42.5. The van der Waals surface area contributed by atoms with Gasteiger partial charge in [0.15, 0.2) is 0 Å². The number of nitrogens with zero attached hydrogens (tertiary/aromatic N) is 2. The van der Waals surface area contributed by atoms with Crippen LogP contribution in [0.2, 0.25) is 0 Å². The van der Waals surface area contributed by atoms with Gasteiger partial charge in [-0.2, -0.15) is 0 Å². The van der Waals surface area contributed by atoms with Crippen molar-refractivity contribution in [2.75, 3.05) is 6.54 Å². The van der Waals surface area contributed by atoms with Gasteiger partial charge in [0.1, 0.15) is 36.0 Å². The van der Waals surface area contributed by atoms with E-state index in [0.717, 1.165) is 0 Å². The number of hydrogen-bond donors (Lipinski definition) is 8. The number of carbonyl (C=O) groups is 7. The van der Waals surface area contributed by atoms with Gasteiger partial charge in [0, 0.05) is 32.0 Å². The second kappa shape index (κ2) is 20.9. The first-order chi connectivity index (χ1) is 27.6. The van der Waals surface area contributed by atoms with Gasteiger partial charge >= 0.3 is 5.97 Å². The summed E-state index contributed by atoms with van der Waals surface area (Å²) < 4.78 is 0. The number of aromatic hydroxyl groups is 1. The number of nitrogens with one attached hydrogen (secondary N) is 5. The van der Waals surface area contributed by atoms with Crippen molar-refractivity contribution < 1.29 is 43.8 Å². The first-order valence-electron chi connectivity index (χ1n) is 19.4. The Kier molecular flexibility index (Phi) is 16.1. The number of benzene rings is 2. The third-order valence-electron chi connectivity index (χ3n) is 10.4. The van der Waals surface area contributed by atoms with Crippen molar-refractivity contribution in [1.82, 2.24) is 36.1 Å². The van der Waals surface area contributed by atoms with Crippen LogP contribution in [-0.4, -0.2) is 109 Å². The van der Waals surface area contributed by atoms with Crippen LogP contribution in [0.25, 0.3) is 0 Å². The van der Waals surface area contributed by atoms with Gasteiger partial charge in [0.2, 0.25) is 29.4 Å². The number of ketones is 1. The molecule has 0 aliphatic carbocycles. The molecule has 58 heavy (non-hydrogen) atoms. The molecule has 1 saturated heterocycles. The van der Waals surface area contributed by atoms with Gasteiger partial charge in [-0.1, -0.05) is 76.6 Å². The van der Waals surface area contributed by atoms with E-state index < -0.39 is 83.5 Å². The summed E-state index contributed by atoms with van der Waals surface area (Å²) >= 11 is 0. The number of rotatable bonds is 20. The number of phenols is 1.